The number of ether oxygens (including phenoxy) is 8. The average molecular weight is 1990 g/mol. The van der Waals surface area contributed by atoms with E-state index in [1.165, 1.54) is 160 Å². The molecule has 0 saturated heterocycles. The van der Waals surface area contributed by atoms with E-state index < -0.39 is 51.1 Å². The second-order valence-electron chi connectivity index (χ2n) is 36.0. The third-order valence-corrected chi connectivity index (χ3v) is 27.5. The minimum Gasteiger partial charge on any atom is -0.434 e. The summed E-state index contributed by atoms with van der Waals surface area (Å²) >= 11 is 0. The van der Waals surface area contributed by atoms with Crippen molar-refractivity contribution in [1.29, 1.82) is 0 Å². The molecule has 10 aromatic carbocycles. The molecule has 15 rings (SSSR count). The Morgan fingerprint density at radius 3 is 0.780 bits per heavy atom. The first-order chi connectivity index (χ1) is 67.5. The van der Waals surface area contributed by atoms with Crippen LogP contribution in [-0.2, 0) is 43.6 Å². The van der Waals surface area contributed by atoms with Gasteiger partial charge in [-0.3, -0.25) is 38.4 Å². The van der Waals surface area contributed by atoms with Crippen LogP contribution in [0.5, 0.6) is 46.0 Å². The minimum atomic E-state index is -3.49. The Balaban J connectivity index is 0.000000169. The molecule has 0 unspecified atom stereocenters. The van der Waals surface area contributed by atoms with Gasteiger partial charge in [0.2, 0.25) is 0 Å². The molecule has 10 aromatic rings. The van der Waals surface area contributed by atoms with Gasteiger partial charge in [-0.15, -0.1) is 0 Å². The van der Waals surface area contributed by atoms with Crippen molar-refractivity contribution in [1.82, 2.24) is 0 Å². The minimum absolute atomic E-state index is 0.00494. The highest BCUT2D eigenvalue weighted by Crippen LogP contribution is 2.43. The lowest BCUT2D eigenvalue weighted by atomic mass is 9.83. The maximum Gasteiger partial charge on any atom is 0.387 e. The normalized spacial score (nSPS) is 14.8. The molecule has 0 radical (unpaired) electrons. The Kier molecular flexibility index (Phi) is 41.0. The van der Waals surface area contributed by atoms with Crippen LogP contribution < -0.4 is 37.9 Å². The molecule has 0 aromatic heterocycles. The molecule has 141 heavy (non-hydrogen) atoms. The Labute approximate surface area is 817 Å². The van der Waals surface area contributed by atoms with Crippen LogP contribution in [0.1, 0.15) is 244 Å². The molecule has 0 aliphatic heterocycles. The summed E-state index contributed by atoms with van der Waals surface area (Å²) in [5.74, 6) is 0.0918. The van der Waals surface area contributed by atoms with Gasteiger partial charge in [-0.2, -0.15) is 26.3 Å². The summed E-state index contributed by atoms with van der Waals surface area (Å²) in [6.07, 6.45) is 30.1. The van der Waals surface area contributed by atoms with Gasteiger partial charge in [-0.25, -0.2) is 25.6 Å². The first-order valence-corrected chi connectivity index (χ1v) is 51.7. The van der Waals surface area contributed by atoms with Crippen molar-refractivity contribution in [3.8, 4) is 102 Å². The topological polar surface area (TPSA) is 279 Å². The van der Waals surface area contributed by atoms with Crippen molar-refractivity contribution in [3.63, 3.8) is 0 Å². The molecule has 20 nitrogen and oxygen atoms in total. The summed E-state index contributed by atoms with van der Waals surface area (Å²) in [5, 5.41) is 0. The van der Waals surface area contributed by atoms with Gasteiger partial charge in [0, 0.05) is 102 Å². The van der Waals surface area contributed by atoms with Crippen molar-refractivity contribution in [3.05, 3.63) is 241 Å². The second-order valence-corrected chi connectivity index (χ2v) is 40.1. The van der Waals surface area contributed by atoms with Gasteiger partial charge in [0.15, 0.2) is 37.0 Å². The fourth-order valence-corrected chi connectivity index (χ4v) is 19.0. The van der Waals surface area contributed by atoms with Crippen LogP contribution in [-0.4, -0.2) is 96.4 Å². The van der Waals surface area contributed by atoms with Gasteiger partial charge in [-0.05, 0) is 262 Å². The van der Waals surface area contributed by atoms with Gasteiger partial charge in [0.1, 0.15) is 57.6 Å². The summed E-state index contributed by atoms with van der Waals surface area (Å²) in [4.78, 5) is 96.9. The molecule has 0 heterocycles. The van der Waals surface area contributed by atoms with Crippen LogP contribution >= 0.6 is 0 Å². The molecular weight excluding hydrogens is 1870 g/mol. The number of ketones is 3. The number of hydrogen-bond donors (Lipinski definition) is 0. The number of alkyl halides is 6. The Morgan fingerprint density at radius 2 is 0.525 bits per heavy atom. The van der Waals surface area contributed by atoms with Crippen LogP contribution in [0.4, 0.5) is 35.1 Å². The number of esters is 5. The van der Waals surface area contributed by atoms with E-state index >= 15 is 0 Å². The van der Waals surface area contributed by atoms with E-state index in [0.717, 1.165) is 128 Å². The second kappa shape index (κ2) is 53.2. The maximum absolute atomic E-state index is 14.3. The molecule has 0 bridgehead atoms. The predicted octanol–water partition coefficient (Wildman–Crippen LogP) is 27.6. The van der Waals surface area contributed by atoms with E-state index in [-0.39, 0.29) is 108 Å². The molecule has 0 spiro atoms. The van der Waals surface area contributed by atoms with Crippen molar-refractivity contribution >= 4 is 66.9 Å². The first kappa shape index (κ1) is 109. The number of sulfone groups is 2. The summed E-state index contributed by atoms with van der Waals surface area (Å²) in [7, 11) is -6.89. The van der Waals surface area contributed by atoms with Crippen LogP contribution in [0, 0.1) is 41.2 Å². The largest absolute Gasteiger partial charge is 0.434 e. The molecule has 750 valence electrons. The third-order valence-electron chi connectivity index (χ3n) is 25.3. The quantitative estimate of drug-likeness (QED) is 0.0160. The van der Waals surface area contributed by atoms with Crippen molar-refractivity contribution in [2.45, 2.75) is 243 Å². The SMILES string of the molecule is CC(=O)c1cccc(-c2cc(OC(=O)CC3CCCCC3)ccc2OC(F)F)c1.CCC(=O)c1cccc(-c2cc(OC(=O)CC3CCC3)ccc2F)c1.CCC(=O)c1cccc(-c2cc(OC(=O)CC3CCCCC3)ccc2OC(F)F)c1.CS(=O)(=O)c1cccc(-c2cc(OC(=O)CC3CCCCC3)ccc2F)c1.CS(=O)(=O)c1cccc(-c2cc(OC(=O)CC3CCCCC3)ccc2OC(F)F)c1. The van der Waals surface area contributed by atoms with E-state index in [4.69, 9.17) is 23.7 Å². The van der Waals surface area contributed by atoms with E-state index in [2.05, 4.69) is 14.2 Å². The fraction of sp³-hybridized carbons (Fsp3) is 0.387. The number of Topliss-reactive ketones (excluding diaryl/α,β-unsaturated/α-hetero) is 3. The third kappa shape index (κ3) is 34.6. The van der Waals surface area contributed by atoms with Crippen LogP contribution in [0.15, 0.2) is 222 Å². The molecule has 30 heteroatoms. The molecule has 0 atom stereocenters. The zero-order valence-corrected chi connectivity index (χ0v) is 81.2. The first-order valence-electron chi connectivity index (χ1n) is 47.9. The van der Waals surface area contributed by atoms with Crippen molar-refractivity contribution in [2.75, 3.05) is 12.5 Å². The predicted molar refractivity (Wildman–Crippen MR) is 520 cm³/mol. The van der Waals surface area contributed by atoms with E-state index in [0.29, 0.717) is 141 Å². The Morgan fingerprint density at radius 1 is 0.291 bits per heavy atom. The highest BCUT2D eigenvalue weighted by atomic mass is 32.2. The van der Waals surface area contributed by atoms with Gasteiger partial charge in [-0.1, -0.05) is 176 Å². The fourth-order valence-electron chi connectivity index (χ4n) is 17.7. The van der Waals surface area contributed by atoms with E-state index in [9.17, 15) is 90.3 Å². The van der Waals surface area contributed by atoms with E-state index in [1.807, 2.05) is 0 Å². The van der Waals surface area contributed by atoms with Gasteiger partial charge >= 0.3 is 49.7 Å². The number of halogens is 8. The zero-order chi connectivity index (χ0) is 101. The summed E-state index contributed by atoms with van der Waals surface area (Å²) in [6.45, 7) is -4.07. The number of carbonyl (C=O) groups excluding carboxylic acids is 8. The molecule has 5 aliphatic rings. The van der Waals surface area contributed by atoms with E-state index in [1.54, 1.807) is 105 Å². The molecule has 0 N–H and O–H groups in total. The molecule has 5 aliphatic carbocycles. The maximum atomic E-state index is 14.3. The highest BCUT2D eigenvalue weighted by Gasteiger charge is 2.29. The van der Waals surface area contributed by atoms with Crippen LogP contribution in [0.3, 0.4) is 0 Å². The highest BCUT2D eigenvalue weighted by molar-refractivity contribution is 7.91. The summed E-state index contributed by atoms with van der Waals surface area (Å²) < 4.78 is 194. The van der Waals surface area contributed by atoms with Crippen molar-refractivity contribution < 1.29 is 128 Å². The molecule has 0 amide bonds. The Bertz CT molecular complexity index is 6220. The van der Waals surface area contributed by atoms with Crippen molar-refractivity contribution in [2.24, 2.45) is 29.6 Å². The standard InChI is InChI=1S/C24H26F2O4.C23H24F2O4.C22H24F2O5S.C21H23FO4S.C21H21FO3/c1-2-21(27)18-10-6-9-17(14-18)20-15-19(11-12-22(20)30-24(25)26)29-23(28)13-16-7-4-3-5-8-16;1-15(26)17-8-5-9-18(13-17)20-14-19(10-11-21(20)29-23(24)25)28-22(27)12-16-6-3-2-4-7-16;1-30(26,27)18-9-5-8-16(13-18)19-14-17(10-11-20(19)29-22(23)24)28-21(25)12-15-6-3-2-4-7-15;1-27(24,25)18-9-5-8-16(13-18)19-14-17(10-11-20(19)22)26-21(23)12-15-6-3-2-4-7-15;1-2-20(23)16-8-4-7-15(12-16)18-13-17(9-10-19(18)22)25-21(24)11-14-5-3-6-14/h6,9-12,14-16,24H,2-5,7-8,13H2,1H3;5,8-11,13-14,16,23H,2-4,6-7,12H2,1H3;5,8-11,13-15,22H,2-4,6-7,12H2,1H3;5,8-11,13-15H,2-4,6-7,12H2,1H3;4,7-10,12-14H,2-3,5-6,11H2,1H3. The smallest absolute Gasteiger partial charge is 0.387 e. The number of carbonyl (C=O) groups is 8. The van der Waals surface area contributed by atoms with Gasteiger partial charge < -0.3 is 37.9 Å². The Hall–Kier alpha value is -12.7. The average Bonchev–Trinajstić information content (AvgIpc) is 0.826. The molecular formula is C111H118F8O20S2. The zero-order valence-electron chi connectivity index (χ0n) is 79.5. The molecule has 5 saturated carbocycles. The van der Waals surface area contributed by atoms with Crippen LogP contribution in [0.25, 0.3) is 55.6 Å². The number of hydrogen-bond acceptors (Lipinski definition) is 20. The van der Waals surface area contributed by atoms with Gasteiger partial charge in [0.25, 0.3) is 0 Å². The summed E-state index contributed by atoms with van der Waals surface area (Å²) in [5.41, 5.74) is 5.31. The molecule has 5 fully saturated rings. The number of benzene rings is 10. The lowest BCUT2D eigenvalue weighted by Crippen LogP contribution is -2.19. The summed E-state index contributed by atoms with van der Waals surface area (Å²) in [6, 6.07) is 53.1. The lowest BCUT2D eigenvalue weighted by molar-refractivity contribution is -0.137. The van der Waals surface area contributed by atoms with Crippen LogP contribution in [0.2, 0.25) is 0 Å². The monoisotopic (exact) mass is 1990 g/mol. The number of rotatable bonds is 33. The lowest BCUT2D eigenvalue weighted by Gasteiger charge is -2.23. The van der Waals surface area contributed by atoms with Gasteiger partial charge in [0.05, 0.1) is 9.79 Å².